The summed E-state index contributed by atoms with van der Waals surface area (Å²) in [5.74, 6) is -0.878. The zero-order chi connectivity index (χ0) is 31.5. The van der Waals surface area contributed by atoms with Gasteiger partial charge in [-0.2, -0.15) is 0 Å². The number of aliphatic carboxylic acids is 1. The second kappa shape index (κ2) is 33.6. The number of esters is 1. The van der Waals surface area contributed by atoms with E-state index >= 15 is 0 Å². The van der Waals surface area contributed by atoms with Crippen LogP contribution >= 0.6 is 0 Å². The SMILES string of the molecule is CC/C=C\C/C=C\C/C=C\C/C=C\C/C=C\CCCC(=O)OC(/C=C\C/C=C\CCCCCC)CCCCCCC(=O)O. The van der Waals surface area contributed by atoms with Gasteiger partial charge in [-0.25, -0.2) is 0 Å². The van der Waals surface area contributed by atoms with Crippen molar-refractivity contribution in [3.05, 3.63) is 85.1 Å². The van der Waals surface area contributed by atoms with Gasteiger partial charge >= 0.3 is 11.9 Å². The van der Waals surface area contributed by atoms with Crippen molar-refractivity contribution >= 4 is 11.9 Å². The number of allylic oxidation sites excluding steroid dienone is 13. The summed E-state index contributed by atoms with van der Waals surface area (Å²) in [7, 11) is 0. The Labute approximate surface area is 264 Å². The molecule has 0 fully saturated rings. The Hall–Kier alpha value is -2.88. The standard InChI is InChI=1S/C39H62O4/c1-3-5-7-9-11-13-14-15-16-17-18-19-20-22-24-26-32-36-39(42)43-37(34-30-27-28-31-35-38(40)41)33-29-25-23-21-12-10-8-6-4-2/h5,7,11,13,15-16,18-19,21-24,29,33,37H,3-4,6,8-10,12,14,17,20,25-28,30-32,34-36H2,1-2H3,(H,40,41)/b7-5-,13-11-,16-15-,19-18-,23-21-,24-22-,33-29-. The number of ether oxygens (including phenoxy) is 1. The minimum atomic E-state index is -0.738. The summed E-state index contributed by atoms with van der Waals surface area (Å²) in [4.78, 5) is 23.2. The van der Waals surface area contributed by atoms with Crippen molar-refractivity contribution in [1.29, 1.82) is 0 Å². The molecule has 0 heterocycles. The van der Waals surface area contributed by atoms with E-state index < -0.39 is 5.97 Å². The molecule has 43 heavy (non-hydrogen) atoms. The molecule has 1 atom stereocenters. The van der Waals surface area contributed by atoms with E-state index in [0.29, 0.717) is 12.8 Å². The number of unbranched alkanes of at least 4 members (excludes halogenated alkanes) is 8. The fourth-order valence-corrected chi connectivity index (χ4v) is 4.34. The molecule has 242 valence electrons. The largest absolute Gasteiger partial charge is 0.481 e. The summed E-state index contributed by atoms with van der Waals surface area (Å²) >= 11 is 0. The smallest absolute Gasteiger partial charge is 0.306 e. The molecule has 4 heteroatoms. The van der Waals surface area contributed by atoms with E-state index in [1.807, 2.05) is 6.08 Å². The minimum absolute atomic E-state index is 0.139. The second-order valence-electron chi connectivity index (χ2n) is 11.0. The van der Waals surface area contributed by atoms with E-state index in [1.54, 1.807) is 0 Å². The summed E-state index contributed by atoms with van der Waals surface area (Å²) < 4.78 is 5.80. The molecule has 4 nitrogen and oxygen atoms in total. The summed E-state index contributed by atoms with van der Waals surface area (Å²) in [6, 6.07) is 0. The number of hydrogen-bond acceptors (Lipinski definition) is 3. The molecule has 0 amide bonds. The molecule has 1 unspecified atom stereocenters. The van der Waals surface area contributed by atoms with Crippen LogP contribution in [0.3, 0.4) is 0 Å². The third-order valence-corrected chi connectivity index (χ3v) is 6.84. The number of carbonyl (C=O) groups excluding carboxylic acids is 1. The highest BCUT2D eigenvalue weighted by molar-refractivity contribution is 5.69. The fourth-order valence-electron chi connectivity index (χ4n) is 4.34. The van der Waals surface area contributed by atoms with Gasteiger partial charge in [-0.3, -0.25) is 9.59 Å². The second-order valence-corrected chi connectivity index (χ2v) is 11.0. The number of carbonyl (C=O) groups is 2. The van der Waals surface area contributed by atoms with E-state index in [4.69, 9.17) is 9.84 Å². The quantitative estimate of drug-likeness (QED) is 0.0531. The van der Waals surface area contributed by atoms with Gasteiger partial charge in [0.1, 0.15) is 6.10 Å². The molecule has 0 aromatic rings. The molecule has 0 aromatic carbocycles. The van der Waals surface area contributed by atoms with Gasteiger partial charge in [0.05, 0.1) is 0 Å². The van der Waals surface area contributed by atoms with Gasteiger partial charge in [0, 0.05) is 12.8 Å². The van der Waals surface area contributed by atoms with E-state index in [9.17, 15) is 9.59 Å². The molecule has 0 radical (unpaired) electrons. The lowest BCUT2D eigenvalue weighted by Gasteiger charge is -2.14. The Balaban J connectivity index is 4.25. The first-order valence-electron chi connectivity index (χ1n) is 17.1. The normalized spacial score (nSPS) is 13.3. The Morgan fingerprint density at radius 3 is 1.65 bits per heavy atom. The number of carboxylic acids is 1. The Kier molecular flexibility index (Phi) is 31.4. The highest BCUT2D eigenvalue weighted by Gasteiger charge is 2.11. The topological polar surface area (TPSA) is 63.6 Å². The van der Waals surface area contributed by atoms with Crippen molar-refractivity contribution in [3.63, 3.8) is 0 Å². The summed E-state index contributed by atoms with van der Waals surface area (Å²) in [6.07, 6.45) is 48.9. The Bertz CT molecular complexity index is 856. The Morgan fingerprint density at radius 1 is 0.558 bits per heavy atom. The molecule has 0 aromatic heterocycles. The fraction of sp³-hybridized carbons (Fsp3) is 0.590. The van der Waals surface area contributed by atoms with Crippen LogP contribution in [0, 0.1) is 0 Å². The maximum absolute atomic E-state index is 12.5. The first-order chi connectivity index (χ1) is 21.1. The third-order valence-electron chi connectivity index (χ3n) is 6.84. The predicted molar refractivity (Wildman–Crippen MR) is 185 cm³/mol. The van der Waals surface area contributed by atoms with Crippen LogP contribution in [-0.4, -0.2) is 23.1 Å². The maximum atomic E-state index is 12.5. The zero-order valence-corrected chi connectivity index (χ0v) is 27.5. The van der Waals surface area contributed by atoms with Gasteiger partial charge in [-0.15, -0.1) is 0 Å². The summed E-state index contributed by atoms with van der Waals surface area (Å²) in [5.41, 5.74) is 0. The van der Waals surface area contributed by atoms with Crippen molar-refractivity contribution in [2.24, 2.45) is 0 Å². The van der Waals surface area contributed by atoms with Crippen molar-refractivity contribution in [3.8, 4) is 0 Å². The average molecular weight is 595 g/mol. The number of rotatable bonds is 29. The molecule has 0 aliphatic heterocycles. The van der Waals surface area contributed by atoms with Crippen LogP contribution in [0.15, 0.2) is 85.1 Å². The van der Waals surface area contributed by atoms with Crippen molar-refractivity contribution in [2.75, 3.05) is 0 Å². The van der Waals surface area contributed by atoms with Gasteiger partial charge < -0.3 is 9.84 Å². The summed E-state index contributed by atoms with van der Waals surface area (Å²) in [6.45, 7) is 4.38. The van der Waals surface area contributed by atoms with Crippen LogP contribution in [0.1, 0.15) is 142 Å². The van der Waals surface area contributed by atoms with Crippen molar-refractivity contribution in [2.45, 2.75) is 148 Å². The molecular weight excluding hydrogens is 532 g/mol. The average Bonchev–Trinajstić information content (AvgIpc) is 2.99. The van der Waals surface area contributed by atoms with Gasteiger partial charge in [0.2, 0.25) is 0 Å². The van der Waals surface area contributed by atoms with Gasteiger partial charge in [0.25, 0.3) is 0 Å². The number of carboxylic acid groups (broad SMARTS) is 1. The van der Waals surface area contributed by atoms with Crippen LogP contribution in [0.25, 0.3) is 0 Å². The molecule has 0 bridgehead atoms. The monoisotopic (exact) mass is 594 g/mol. The van der Waals surface area contributed by atoms with Crippen LogP contribution in [0.4, 0.5) is 0 Å². The van der Waals surface area contributed by atoms with E-state index in [2.05, 4.69) is 92.8 Å². The first kappa shape index (κ1) is 40.1. The molecule has 1 N–H and O–H groups in total. The van der Waals surface area contributed by atoms with Gasteiger partial charge in [0.15, 0.2) is 0 Å². The molecular formula is C39H62O4. The minimum Gasteiger partial charge on any atom is -0.481 e. The lowest BCUT2D eigenvalue weighted by atomic mass is 10.1. The van der Waals surface area contributed by atoms with Crippen LogP contribution in [-0.2, 0) is 14.3 Å². The molecule has 0 rings (SSSR count). The van der Waals surface area contributed by atoms with Crippen LogP contribution < -0.4 is 0 Å². The van der Waals surface area contributed by atoms with Gasteiger partial charge in [-0.1, -0.05) is 125 Å². The lowest BCUT2D eigenvalue weighted by Crippen LogP contribution is -2.16. The van der Waals surface area contributed by atoms with Gasteiger partial charge in [-0.05, 0) is 89.5 Å². The molecule has 0 aliphatic carbocycles. The molecule has 0 spiro atoms. The molecule has 0 saturated heterocycles. The molecule has 0 saturated carbocycles. The van der Waals surface area contributed by atoms with E-state index in [1.165, 1.54) is 25.7 Å². The van der Waals surface area contributed by atoms with E-state index in [-0.39, 0.29) is 18.5 Å². The summed E-state index contributed by atoms with van der Waals surface area (Å²) in [5, 5.41) is 8.80. The highest BCUT2D eigenvalue weighted by Crippen LogP contribution is 2.13. The zero-order valence-electron chi connectivity index (χ0n) is 27.5. The predicted octanol–water partition coefficient (Wildman–Crippen LogP) is 11.7. The number of hydrogen-bond donors (Lipinski definition) is 1. The Morgan fingerprint density at radius 2 is 1.07 bits per heavy atom. The third kappa shape index (κ3) is 33.5. The lowest BCUT2D eigenvalue weighted by molar-refractivity contribution is -0.147. The van der Waals surface area contributed by atoms with Crippen molar-refractivity contribution < 1.29 is 19.4 Å². The first-order valence-corrected chi connectivity index (χ1v) is 17.1. The maximum Gasteiger partial charge on any atom is 0.306 e. The van der Waals surface area contributed by atoms with E-state index in [0.717, 1.165) is 83.5 Å². The van der Waals surface area contributed by atoms with Crippen LogP contribution in [0.5, 0.6) is 0 Å². The highest BCUT2D eigenvalue weighted by atomic mass is 16.5. The van der Waals surface area contributed by atoms with Crippen molar-refractivity contribution in [1.82, 2.24) is 0 Å². The molecule has 0 aliphatic rings. The van der Waals surface area contributed by atoms with Crippen LogP contribution in [0.2, 0.25) is 0 Å².